The van der Waals surface area contributed by atoms with Crippen LogP contribution in [0.2, 0.25) is 0 Å². The normalized spacial score (nSPS) is 14.6. The fourth-order valence-corrected chi connectivity index (χ4v) is 7.46. The molecule has 0 aliphatic rings. The summed E-state index contributed by atoms with van der Waals surface area (Å²) in [6.45, 7) is 5.03. The zero-order valence-corrected chi connectivity index (χ0v) is 46.5. The van der Waals surface area contributed by atoms with Gasteiger partial charge in [0.15, 0.2) is 0 Å². The van der Waals surface area contributed by atoms with Crippen LogP contribution in [0.15, 0.2) is 146 Å². The van der Waals surface area contributed by atoms with Crippen LogP contribution in [0.1, 0.15) is 181 Å². The second-order valence-corrected chi connectivity index (χ2v) is 20.2. The highest BCUT2D eigenvalue weighted by atomic mass is 31.2. The molecule has 0 heterocycles. The van der Waals surface area contributed by atoms with Crippen molar-refractivity contribution < 1.29 is 37.3 Å². The molecule has 2 unspecified atom stereocenters. The van der Waals surface area contributed by atoms with Crippen molar-refractivity contribution >= 4 is 13.8 Å². The van der Waals surface area contributed by atoms with Crippen LogP contribution in [0.4, 0.5) is 0 Å². The minimum Gasteiger partial charge on any atom is -0.756 e. The van der Waals surface area contributed by atoms with E-state index in [4.69, 9.17) is 18.5 Å². The Morgan fingerprint density at radius 1 is 0.437 bits per heavy atom. The summed E-state index contributed by atoms with van der Waals surface area (Å²) in [4.78, 5) is 25.2. The Labute approximate surface area is 436 Å². The molecule has 0 N–H and O–H groups in total. The molecule has 71 heavy (non-hydrogen) atoms. The molecular formula is C62H102NO7P. The third-order valence-electron chi connectivity index (χ3n) is 10.9. The lowest BCUT2D eigenvalue weighted by atomic mass is 10.1. The molecule has 0 aliphatic heterocycles. The number of allylic oxidation sites excluding steroid dienone is 24. The molecule has 0 fully saturated rings. The summed E-state index contributed by atoms with van der Waals surface area (Å²) >= 11 is 0. The summed E-state index contributed by atoms with van der Waals surface area (Å²) in [6.07, 6.45) is 78.9. The summed E-state index contributed by atoms with van der Waals surface area (Å²) in [7, 11) is 1.30. The zero-order valence-electron chi connectivity index (χ0n) is 45.6. The highest BCUT2D eigenvalue weighted by molar-refractivity contribution is 7.45. The first kappa shape index (κ1) is 67.4. The minimum absolute atomic E-state index is 0.00682. The summed E-state index contributed by atoms with van der Waals surface area (Å²) < 4.78 is 34.7. The third kappa shape index (κ3) is 57.2. The van der Waals surface area contributed by atoms with Crippen molar-refractivity contribution in [1.29, 1.82) is 0 Å². The van der Waals surface area contributed by atoms with Crippen molar-refractivity contribution in [2.24, 2.45) is 0 Å². The SMILES string of the molecule is CC/C=C\C/C=C\C/C=C\C/C=C\C/C=C\C/C=C\C/C=C\CCCCOCC(COP(=O)([O-])OCC[N+](C)(C)C)OC(=O)CCCCCCCCCCC/C=C\C/C=C\C/C=C\C/C=C\C/C=C\CC. The molecule has 0 rings (SSSR count). The Balaban J connectivity index is 4.26. The lowest BCUT2D eigenvalue weighted by Crippen LogP contribution is -2.37. The van der Waals surface area contributed by atoms with E-state index in [1.807, 2.05) is 21.1 Å². The molecule has 0 aromatic carbocycles. The Kier molecular flexibility index (Phi) is 50.0. The number of esters is 1. The van der Waals surface area contributed by atoms with Gasteiger partial charge in [-0.15, -0.1) is 0 Å². The number of carbonyl (C=O) groups is 1. The number of hydrogen-bond acceptors (Lipinski definition) is 7. The molecule has 0 amide bonds. The molecule has 0 saturated carbocycles. The molecule has 0 radical (unpaired) electrons. The first-order valence-electron chi connectivity index (χ1n) is 27.6. The van der Waals surface area contributed by atoms with Gasteiger partial charge in [0.1, 0.15) is 19.3 Å². The molecule has 9 heteroatoms. The lowest BCUT2D eigenvalue weighted by molar-refractivity contribution is -0.870. The molecule has 8 nitrogen and oxygen atoms in total. The molecule has 402 valence electrons. The number of quaternary nitrogens is 1. The minimum atomic E-state index is -4.56. The highest BCUT2D eigenvalue weighted by Gasteiger charge is 2.20. The van der Waals surface area contributed by atoms with E-state index in [2.05, 4.69) is 160 Å². The van der Waals surface area contributed by atoms with E-state index in [-0.39, 0.29) is 32.2 Å². The van der Waals surface area contributed by atoms with Crippen molar-refractivity contribution in [3.63, 3.8) is 0 Å². The number of phosphoric acid groups is 1. The predicted octanol–water partition coefficient (Wildman–Crippen LogP) is 17.0. The number of likely N-dealkylation sites (N-methyl/N-ethyl adjacent to an activating group) is 1. The van der Waals surface area contributed by atoms with Gasteiger partial charge < -0.3 is 27.9 Å². The van der Waals surface area contributed by atoms with E-state index in [0.717, 1.165) is 122 Å². The van der Waals surface area contributed by atoms with Crippen molar-refractivity contribution in [3.8, 4) is 0 Å². The van der Waals surface area contributed by atoms with Gasteiger partial charge in [-0.05, 0) is 116 Å². The van der Waals surface area contributed by atoms with Crippen LogP contribution >= 0.6 is 7.82 Å². The topological polar surface area (TPSA) is 94.1 Å². The zero-order chi connectivity index (χ0) is 51.9. The first-order valence-corrected chi connectivity index (χ1v) is 29.0. The maximum absolute atomic E-state index is 12.8. The van der Waals surface area contributed by atoms with Gasteiger partial charge in [0.25, 0.3) is 7.82 Å². The van der Waals surface area contributed by atoms with Gasteiger partial charge in [0, 0.05) is 13.0 Å². The van der Waals surface area contributed by atoms with E-state index in [0.29, 0.717) is 17.6 Å². The Morgan fingerprint density at radius 3 is 1.15 bits per heavy atom. The molecule has 0 bridgehead atoms. The summed E-state index contributed by atoms with van der Waals surface area (Å²) in [5, 5.41) is 0. The van der Waals surface area contributed by atoms with E-state index in [1.165, 1.54) is 38.5 Å². The van der Waals surface area contributed by atoms with Crippen molar-refractivity contribution in [2.45, 2.75) is 187 Å². The standard InChI is InChI=1S/C62H102NO7P/c1-6-8-10-12-14-16-18-20-22-24-26-28-30-32-33-35-37-39-41-43-45-47-49-51-53-55-62(64)70-61(60-69-71(65,66)68-58-56-63(3,4)5)59-67-57-54-52-50-48-46-44-42-40-38-36-34-31-29-27-25-23-21-19-17-15-13-11-9-7-2/h8-11,14-17,20-23,26-29,32-34,36,40,42,46,48,61H,6-7,12-13,18-19,24-25,30-31,35,37-39,41,43-45,47,49-60H2,1-5H3/b10-8-,11-9-,16-14-,17-15-,22-20-,23-21-,28-26-,29-27-,33-32-,36-34-,42-40-,48-46-. The summed E-state index contributed by atoms with van der Waals surface area (Å²) in [6, 6.07) is 0. The predicted molar refractivity (Wildman–Crippen MR) is 304 cm³/mol. The maximum Gasteiger partial charge on any atom is 0.306 e. The number of ether oxygens (including phenoxy) is 2. The molecule has 0 aliphatic carbocycles. The fraction of sp³-hybridized carbons (Fsp3) is 0.597. The van der Waals surface area contributed by atoms with E-state index in [1.54, 1.807) is 0 Å². The van der Waals surface area contributed by atoms with E-state index in [9.17, 15) is 14.3 Å². The highest BCUT2D eigenvalue weighted by Crippen LogP contribution is 2.38. The first-order chi connectivity index (χ1) is 34.6. The monoisotopic (exact) mass is 1000 g/mol. The number of phosphoric ester groups is 1. The average molecular weight is 1000 g/mol. The molecule has 0 saturated heterocycles. The molecule has 2 atom stereocenters. The number of nitrogens with zero attached hydrogens (tertiary/aromatic N) is 1. The van der Waals surface area contributed by atoms with Crippen LogP contribution in [0.3, 0.4) is 0 Å². The fourth-order valence-electron chi connectivity index (χ4n) is 6.73. The van der Waals surface area contributed by atoms with Gasteiger partial charge in [0.2, 0.25) is 0 Å². The summed E-state index contributed by atoms with van der Waals surface area (Å²) in [5.74, 6) is -0.363. The molecule has 0 spiro atoms. The second-order valence-electron chi connectivity index (χ2n) is 18.8. The van der Waals surface area contributed by atoms with Gasteiger partial charge in [-0.2, -0.15) is 0 Å². The van der Waals surface area contributed by atoms with Gasteiger partial charge in [-0.25, -0.2) is 0 Å². The van der Waals surface area contributed by atoms with Crippen molar-refractivity contribution in [1.82, 2.24) is 0 Å². The van der Waals surface area contributed by atoms with Crippen molar-refractivity contribution in [3.05, 3.63) is 146 Å². The smallest absolute Gasteiger partial charge is 0.306 e. The number of rotatable bonds is 49. The average Bonchev–Trinajstić information content (AvgIpc) is 3.33. The molecule has 0 aromatic rings. The number of carbonyl (C=O) groups excluding carboxylic acids is 1. The van der Waals surface area contributed by atoms with Crippen LogP contribution in [0.25, 0.3) is 0 Å². The Morgan fingerprint density at radius 2 is 0.775 bits per heavy atom. The maximum atomic E-state index is 12.8. The van der Waals surface area contributed by atoms with E-state index >= 15 is 0 Å². The van der Waals surface area contributed by atoms with E-state index < -0.39 is 13.9 Å². The van der Waals surface area contributed by atoms with Crippen molar-refractivity contribution in [2.75, 3.05) is 54.1 Å². The van der Waals surface area contributed by atoms with Gasteiger partial charge >= 0.3 is 5.97 Å². The van der Waals surface area contributed by atoms with Crippen LogP contribution in [0, 0.1) is 0 Å². The van der Waals surface area contributed by atoms with Gasteiger partial charge in [-0.1, -0.05) is 205 Å². The largest absolute Gasteiger partial charge is 0.756 e. The molecular weight excluding hydrogens is 902 g/mol. The summed E-state index contributed by atoms with van der Waals surface area (Å²) in [5.41, 5.74) is 0. The van der Waals surface area contributed by atoms with Gasteiger partial charge in [0.05, 0.1) is 34.4 Å². The Hall–Kier alpha value is -3.62. The van der Waals surface area contributed by atoms with Gasteiger partial charge in [-0.3, -0.25) is 9.36 Å². The number of unbranched alkanes of at least 4 members (excludes halogenated alkanes) is 11. The van der Waals surface area contributed by atoms with Crippen LogP contribution < -0.4 is 4.89 Å². The second kappa shape index (κ2) is 52.7. The lowest BCUT2D eigenvalue weighted by Gasteiger charge is -2.28. The van der Waals surface area contributed by atoms with Crippen LogP contribution in [-0.2, 0) is 27.9 Å². The molecule has 0 aromatic heterocycles. The van der Waals surface area contributed by atoms with Crippen LogP contribution in [0.5, 0.6) is 0 Å². The third-order valence-corrected chi connectivity index (χ3v) is 11.9. The Bertz CT molecular complexity index is 1640. The number of hydrogen-bond donors (Lipinski definition) is 0. The quantitative estimate of drug-likeness (QED) is 0.0197. The van der Waals surface area contributed by atoms with Crippen LogP contribution in [-0.4, -0.2) is 70.7 Å².